The summed E-state index contributed by atoms with van der Waals surface area (Å²) >= 11 is 0. The van der Waals surface area contributed by atoms with Gasteiger partial charge in [-0.05, 0) is 74.3 Å². The molecule has 1 aliphatic carbocycles. The maximum absolute atomic E-state index is 12.8. The minimum atomic E-state index is -4.45. The number of carbonyl (C=O) groups excluding carboxylic acids is 1. The SMILES string of the molecule is CC1=C(/C=C/C(C)=C/C=C/C(C)=C/C(=O)Nc2cccc(C(F)(F)F)c2)C(C)(C)CCC1C. The molecule has 0 bridgehead atoms. The average Bonchev–Trinajstić information content (AvgIpc) is 2.70. The molecule has 0 aliphatic heterocycles. The number of hydrogen-bond acceptors (Lipinski definition) is 1. The van der Waals surface area contributed by atoms with E-state index < -0.39 is 17.6 Å². The van der Waals surface area contributed by atoms with Crippen LogP contribution in [0, 0.1) is 11.3 Å². The minimum absolute atomic E-state index is 0.105. The Bertz CT molecular complexity index is 1020. The van der Waals surface area contributed by atoms with E-state index in [0.717, 1.165) is 17.7 Å². The Hall–Kier alpha value is -2.82. The van der Waals surface area contributed by atoms with Gasteiger partial charge in [-0.1, -0.05) is 68.4 Å². The van der Waals surface area contributed by atoms with Crippen molar-refractivity contribution in [2.75, 3.05) is 5.32 Å². The van der Waals surface area contributed by atoms with Crippen molar-refractivity contribution >= 4 is 11.6 Å². The van der Waals surface area contributed by atoms with Crippen molar-refractivity contribution < 1.29 is 18.0 Å². The Kier molecular flexibility index (Phi) is 8.70. The summed E-state index contributed by atoms with van der Waals surface area (Å²) in [5, 5.41) is 2.48. The van der Waals surface area contributed by atoms with Crippen LogP contribution in [0.15, 0.2) is 83.0 Å². The lowest BCUT2D eigenvalue weighted by atomic mass is 9.69. The third kappa shape index (κ3) is 7.92. The predicted octanol–water partition coefficient (Wildman–Crippen LogP) is 8.42. The Morgan fingerprint density at radius 2 is 1.85 bits per heavy atom. The molecular weight excluding hydrogens is 423 g/mol. The molecule has 1 atom stereocenters. The van der Waals surface area contributed by atoms with Crippen LogP contribution in [0.3, 0.4) is 0 Å². The number of hydrogen-bond donors (Lipinski definition) is 1. The van der Waals surface area contributed by atoms with Gasteiger partial charge >= 0.3 is 6.18 Å². The van der Waals surface area contributed by atoms with Crippen LogP contribution in [0.25, 0.3) is 0 Å². The summed E-state index contributed by atoms with van der Waals surface area (Å²) in [4.78, 5) is 12.1. The quantitative estimate of drug-likeness (QED) is 0.337. The zero-order valence-corrected chi connectivity index (χ0v) is 20.3. The lowest BCUT2D eigenvalue weighted by Gasteiger charge is -2.36. The van der Waals surface area contributed by atoms with Gasteiger partial charge in [0.15, 0.2) is 0 Å². The fourth-order valence-corrected chi connectivity index (χ4v) is 3.91. The van der Waals surface area contributed by atoms with E-state index in [1.807, 2.05) is 19.1 Å². The predicted molar refractivity (Wildman–Crippen MR) is 131 cm³/mol. The van der Waals surface area contributed by atoms with Crippen LogP contribution in [0.5, 0.6) is 0 Å². The molecule has 1 unspecified atom stereocenters. The number of carbonyl (C=O) groups is 1. The van der Waals surface area contributed by atoms with E-state index in [2.05, 4.69) is 45.2 Å². The van der Waals surface area contributed by atoms with Crippen LogP contribution in [-0.4, -0.2) is 5.91 Å². The van der Waals surface area contributed by atoms with E-state index >= 15 is 0 Å². The van der Waals surface area contributed by atoms with Crippen LogP contribution in [0.4, 0.5) is 18.9 Å². The Balaban J connectivity index is 2.02. The summed E-state index contributed by atoms with van der Waals surface area (Å²) in [6.45, 7) is 12.9. The second kappa shape index (κ2) is 10.9. The highest BCUT2D eigenvalue weighted by Crippen LogP contribution is 2.43. The van der Waals surface area contributed by atoms with Crippen LogP contribution in [-0.2, 0) is 11.0 Å². The first kappa shape index (κ1) is 26.4. The number of rotatable bonds is 6. The Labute approximate surface area is 195 Å². The van der Waals surface area contributed by atoms with Crippen molar-refractivity contribution in [1.82, 2.24) is 0 Å². The van der Waals surface area contributed by atoms with Crippen LogP contribution < -0.4 is 5.32 Å². The lowest BCUT2D eigenvalue weighted by Crippen LogP contribution is -2.23. The number of nitrogens with one attached hydrogen (secondary N) is 1. The number of halogens is 3. The second-order valence-electron chi connectivity index (χ2n) is 9.48. The molecule has 0 heterocycles. The normalized spacial score (nSPS) is 20.1. The van der Waals surface area contributed by atoms with E-state index in [1.54, 1.807) is 13.0 Å². The van der Waals surface area contributed by atoms with Crippen LogP contribution >= 0.6 is 0 Å². The number of allylic oxidation sites excluding steroid dienone is 9. The summed E-state index contributed by atoms with van der Waals surface area (Å²) in [6, 6.07) is 4.58. The molecule has 0 aromatic heterocycles. The standard InChI is InChI=1S/C28H34F3NO/c1-19(13-14-25-22(4)21(3)15-16-27(25,5)6)9-7-10-20(2)17-26(33)32-24-12-8-11-23(18-24)28(29,30)31/h7-14,17-18,21H,15-16H2,1-6H3,(H,32,33)/b10-7+,14-13+,19-9+,20-17+. The molecule has 1 amide bonds. The molecule has 0 saturated heterocycles. The molecule has 2 rings (SSSR count). The van der Waals surface area contributed by atoms with Crippen LogP contribution in [0.2, 0.25) is 0 Å². The lowest BCUT2D eigenvalue weighted by molar-refractivity contribution is -0.137. The minimum Gasteiger partial charge on any atom is -0.322 e. The zero-order valence-electron chi connectivity index (χ0n) is 20.3. The molecule has 0 saturated carbocycles. The van der Waals surface area contributed by atoms with Gasteiger partial charge < -0.3 is 5.32 Å². The summed E-state index contributed by atoms with van der Waals surface area (Å²) in [5.41, 5.74) is 4.11. The van der Waals surface area contributed by atoms with E-state index in [-0.39, 0.29) is 11.1 Å². The maximum atomic E-state index is 12.8. The Morgan fingerprint density at radius 1 is 1.15 bits per heavy atom. The van der Waals surface area contributed by atoms with E-state index in [4.69, 9.17) is 0 Å². The molecule has 0 fully saturated rings. The highest BCUT2D eigenvalue weighted by atomic mass is 19.4. The molecule has 1 aromatic rings. The summed E-state index contributed by atoms with van der Waals surface area (Å²) in [7, 11) is 0. The van der Waals surface area contributed by atoms with Crippen molar-refractivity contribution in [3.8, 4) is 0 Å². The van der Waals surface area contributed by atoms with Gasteiger partial charge in [0.25, 0.3) is 0 Å². The molecule has 178 valence electrons. The molecule has 1 aliphatic rings. The van der Waals surface area contributed by atoms with Crippen molar-refractivity contribution in [2.45, 2.75) is 60.6 Å². The van der Waals surface area contributed by atoms with Gasteiger partial charge in [-0.15, -0.1) is 0 Å². The molecule has 1 aromatic carbocycles. The first-order chi connectivity index (χ1) is 15.3. The van der Waals surface area contributed by atoms with E-state index in [0.29, 0.717) is 11.5 Å². The highest BCUT2D eigenvalue weighted by Gasteiger charge is 2.31. The Morgan fingerprint density at radius 3 is 2.52 bits per heavy atom. The topological polar surface area (TPSA) is 29.1 Å². The molecule has 5 heteroatoms. The number of alkyl halides is 3. The van der Waals surface area contributed by atoms with E-state index in [9.17, 15) is 18.0 Å². The van der Waals surface area contributed by atoms with Crippen molar-refractivity contribution in [2.24, 2.45) is 11.3 Å². The molecule has 33 heavy (non-hydrogen) atoms. The summed E-state index contributed by atoms with van der Waals surface area (Å²) in [5.74, 6) is 0.130. The number of amides is 1. The fraction of sp³-hybridized carbons (Fsp3) is 0.393. The number of benzene rings is 1. The molecule has 0 radical (unpaired) electrons. The first-order valence-corrected chi connectivity index (χ1v) is 11.2. The van der Waals surface area contributed by atoms with Crippen molar-refractivity contribution in [3.05, 3.63) is 88.6 Å². The van der Waals surface area contributed by atoms with Crippen LogP contribution in [0.1, 0.15) is 59.9 Å². The van der Waals surface area contributed by atoms with Gasteiger partial charge in [0.05, 0.1) is 5.56 Å². The van der Waals surface area contributed by atoms with Crippen molar-refractivity contribution in [3.63, 3.8) is 0 Å². The summed E-state index contributed by atoms with van der Waals surface area (Å²) in [6.07, 6.45) is 9.26. The first-order valence-electron chi connectivity index (χ1n) is 11.2. The molecule has 2 nitrogen and oxygen atoms in total. The van der Waals surface area contributed by atoms with Gasteiger partial charge in [-0.2, -0.15) is 13.2 Å². The van der Waals surface area contributed by atoms with Crippen molar-refractivity contribution in [1.29, 1.82) is 0 Å². The van der Waals surface area contributed by atoms with Gasteiger partial charge in [0, 0.05) is 11.8 Å². The molecule has 1 N–H and O–H groups in total. The smallest absolute Gasteiger partial charge is 0.322 e. The highest BCUT2D eigenvalue weighted by molar-refractivity contribution is 6.00. The van der Waals surface area contributed by atoms with E-state index in [1.165, 1.54) is 42.2 Å². The summed E-state index contributed by atoms with van der Waals surface area (Å²) < 4.78 is 38.4. The van der Waals surface area contributed by atoms with Gasteiger partial charge in [0.1, 0.15) is 0 Å². The van der Waals surface area contributed by atoms with Gasteiger partial charge in [-0.25, -0.2) is 0 Å². The maximum Gasteiger partial charge on any atom is 0.416 e. The third-order valence-corrected chi connectivity index (χ3v) is 6.14. The second-order valence-corrected chi connectivity index (χ2v) is 9.48. The monoisotopic (exact) mass is 457 g/mol. The zero-order chi connectivity index (χ0) is 24.8. The molecular formula is C28H34F3NO. The van der Waals surface area contributed by atoms with Gasteiger partial charge in [0.2, 0.25) is 5.91 Å². The molecule has 0 spiro atoms. The average molecular weight is 458 g/mol. The van der Waals surface area contributed by atoms with Gasteiger partial charge in [-0.3, -0.25) is 4.79 Å². The fourth-order valence-electron chi connectivity index (χ4n) is 3.91. The largest absolute Gasteiger partial charge is 0.416 e. The number of anilines is 1. The third-order valence-electron chi connectivity index (χ3n) is 6.14.